The fourth-order valence-electron chi connectivity index (χ4n) is 4.83. The zero-order valence-corrected chi connectivity index (χ0v) is 21.1. The van der Waals surface area contributed by atoms with Crippen molar-refractivity contribution in [2.45, 2.75) is 43.4 Å². The lowest BCUT2D eigenvalue weighted by molar-refractivity contribution is 0.0963. The van der Waals surface area contributed by atoms with Crippen LogP contribution in [-0.2, 0) is 29.3 Å². The van der Waals surface area contributed by atoms with E-state index in [1.54, 1.807) is 7.05 Å². The predicted molar refractivity (Wildman–Crippen MR) is 138 cm³/mol. The minimum Gasteiger partial charge on any atom is -0.355 e. The van der Waals surface area contributed by atoms with Gasteiger partial charge in [0.1, 0.15) is 5.00 Å². The molecular weight excluding hydrogens is 482 g/mol. The molecule has 9 heteroatoms. The molecule has 0 spiro atoms. The third-order valence-corrected chi connectivity index (χ3v) is 9.69. The van der Waals surface area contributed by atoms with Crippen molar-refractivity contribution >= 4 is 43.9 Å². The van der Waals surface area contributed by atoms with Gasteiger partial charge in [-0.3, -0.25) is 13.9 Å². The lowest BCUT2D eigenvalue weighted by atomic mass is 10.0. The second-order valence-electron chi connectivity index (χ2n) is 8.78. The molecule has 0 saturated heterocycles. The van der Waals surface area contributed by atoms with Gasteiger partial charge >= 0.3 is 0 Å². The zero-order valence-electron chi connectivity index (χ0n) is 19.5. The van der Waals surface area contributed by atoms with Gasteiger partial charge < -0.3 is 10.6 Å². The number of hydrogen-bond donors (Lipinski definition) is 2. The van der Waals surface area contributed by atoms with Crippen molar-refractivity contribution in [2.24, 2.45) is 0 Å². The third-order valence-electron chi connectivity index (χ3n) is 6.65. The molecular formula is C26H27N3O4S2. The Labute approximate surface area is 209 Å². The molecule has 0 radical (unpaired) electrons. The number of thiophene rings is 1. The summed E-state index contributed by atoms with van der Waals surface area (Å²) < 4.78 is 27.9. The molecule has 0 fully saturated rings. The Balaban J connectivity index is 1.38. The first-order valence-corrected chi connectivity index (χ1v) is 14.0. The molecule has 7 nitrogen and oxygen atoms in total. The fraction of sp³-hybridized carbons (Fsp3) is 0.308. The minimum atomic E-state index is -3.73. The summed E-state index contributed by atoms with van der Waals surface area (Å²) in [4.78, 5) is 27.0. The van der Waals surface area contributed by atoms with E-state index in [4.69, 9.17) is 0 Å². The Kier molecular flexibility index (Phi) is 6.37. The molecule has 1 aliphatic heterocycles. The fourth-order valence-corrected chi connectivity index (χ4v) is 7.62. The zero-order chi connectivity index (χ0) is 24.6. The molecule has 2 aromatic carbocycles. The maximum absolute atomic E-state index is 13.2. The number of nitrogens with one attached hydrogen (secondary N) is 2. The number of amides is 2. The van der Waals surface area contributed by atoms with Crippen LogP contribution < -0.4 is 14.9 Å². The molecule has 0 unspecified atom stereocenters. The monoisotopic (exact) mass is 509 g/mol. The van der Waals surface area contributed by atoms with Crippen LogP contribution in [0.3, 0.4) is 0 Å². The number of nitrogens with zero attached hydrogens (tertiary/aromatic N) is 1. The topological polar surface area (TPSA) is 95.6 Å². The summed E-state index contributed by atoms with van der Waals surface area (Å²) in [7, 11) is -2.14. The molecule has 0 saturated carbocycles. The van der Waals surface area contributed by atoms with E-state index < -0.39 is 10.0 Å². The maximum Gasteiger partial charge on any atom is 0.264 e. The number of aryl methyl sites for hydroxylation is 1. The van der Waals surface area contributed by atoms with E-state index >= 15 is 0 Å². The molecule has 3 aromatic rings. The lowest BCUT2D eigenvalue weighted by Crippen LogP contribution is -2.29. The Morgan fingerprint density at radius 1 is 0.914 bits per heavy atom. The first-order valence-electron chi connectivity index (χ1n) is 11.8. The summed E-state index contributed by atoms with van der Waals surface area (Å²) in [6.45, 7) is 0.398. The van der Waals surface area contributed by atoms with Crippen LogP contribution in [0.4, 0.5) is 10.7 Å². The van der Waals surface area contributed by atoms with Crippen LogP contribution in [0.15, 0.2) is 53.4 Å². The highest BCUT2D eigenvalue weighted by molar-refractivity contribution is 7.92. The molecule has 1 aromatic heterocycles. The van der Waals surface area contributed by atoms with Crippen molar-refractivity contribution in [3.8, 4) is 0 Å². The average Bonchev–Trinajstić information content (AvgIpc) is 3.38. The van der Waals surface area contributed by atoms with E-state index in [1.807, 2.05) is 24.3 Å². The molecule has 2 aliphatic rings. The standard InChI is InChI=1S/C26H27N3O4S2/c1-27-25(31)23-20-8-3-2-4-10-22(20)34-26(23)28-24(30)18-11-13-19(14-12-18)35(32,33)29-16-15-17-7-5-6-9-21(17)29/h5-7,9,11-14H,2-4,8,10,15-16H2,1H3,(H,27,31)(H,28,30). The molecule has 0 atom stereocenters. The first-order chi connectivity index (χ1) is 16.9. The maximum atomic E-state index is 13.2. The number of hydrogen-bond acceptors (Lipinski definition) is 5. The third kappa shape index (κ3) is 4.34. The van der Waals surface area contributed by atoms with Crippen LogP contribution in [0.2, 0.25) is 0 Å². The van der Waals surface area contributed by atoms with Gasteiger partial charge in [0.25, 0.3) is 21.8 Å². The van der Waals surface area contributed by atoms with Crippen molar-refractivity contribution in [3.05, 3.63) is 75.7 Å². The molecule has 1 aliphatic carbocycles. The number of rotatable bonds is 5. The van der Waals surface area contributed by atoms with Gasteiger partial charge in [0, 0.05) is 24.0 Å². The van der Waals surface area contributed by atoms with Gasteiger partial charge in [-0.05, 0) is 73.6 Å². The Hall–Kier alpha value is -3.17. The summed E-state index contributed by atoms with van der Waals surface area (Å²) in [5, 5.41) is 6.15. The number of sulfonamides is 1. The van der Waals surface area contributed by atoms with Crippen LogP contribution in [0.5, 0.6) is 0 Å². The van der Waals surface area contributed by atoms with E-state index in [9.17, 15) is 18.0 Å². The largest absolute Gasteiger partial charge is 0.355 e. The number of anilines is 2. The number of para-hydroxylation sites is 1. The molecule has 35 heavy (non-hydrogen) atoms. The minimum absolute atomic E-state index is 0.139. The number of benzene rings is 2. The van der Waals surface area contributed by atoms with Crippen LogP contribution in [0.25, 0.3) is 0 Å². The number of fused-ring (bicyclic) bond motifs is 2. The van der Waals surface area contributed by atoms with Crippen LogP contribution >= 0.6 is 11.3 Å². The van der Waals surface area contributed by atoms with E-state index in [2.05, 4.69) is 10.6 Å². The highest BCUT2D eigenvalue weighted by atomic mass is 32.2. The predicted octanol–water partition coefficient (Wildman–Crippen LogP) is 4.38. The normalized spacial score (nSPS) is 15.2. The quantitative estimate of drug-likeness (QED) is 0.499. The average molecular weight is 510 g/mol. The smallest absolute Gasteiger partial charge is 0.264 e. The van der Waals surface area contributed by atoms with Gasteiger partial charge in [-0.1, -0.05) is 24.6 Å². The number of carbonyl (C=O) groups excluding carboxylic acids is 2. The first kappa shape index (κ1) is 23.6. The molecule has 5 rings (SSSR count). The summed E-state index contributed by atoms with van der Waals surface area (Å²) in [6.07, 6.45) is 5.65. The van der Waals surface area contributed by atoms with Crippen LogP contribution in [0.1, 0.15) is 56.0 Å². The Bertz CT molecular complexity index is 1390. The van der Waals surface area contributed by atoms with E-state index in [-0.39, 0.29) is 16.7 Å². The second kappa shape index (κ2) is 9.47. The van der Waals surface area contributed by atoms with Gasteiger partial charge in [0.2, 0.25) is 0 Å². The Morgan fingerprint density at radius 2 is 1.66 bits per heavy atom. The van der Waals surface area contributed by atoms with Crippen LogP contribution in [0, 0.1) is 0 Å². The second-order valence-corrected chi connectivity index (χ2v) is 11.7. The van der Waals surface area contributed by atoms with E-state index in [1.165, 1.54) is 39.9 Å². The van der Waals surface area contributed by atoms with Gasteiger partial charge in [-0.2, -0.15) is 0 Å². The molecule has 2 N–H and O–H groups in total. The van der Waals surface area contributed by atoms with Crippen molar-refractivity contribution in [1.82, 2.24) is 5.32 Å². The van der Waals surface area contributed by atoms with Crippen molar-refractivity contribution in [3.63, 3.8) is 0 Å². The number of carbonyl (C=O) groups is 2. The highest BCUT2D eigenvalue weighted by Crippen LogP contribution is 2.38. The van der Waals surface area contributed by atoms with Crippen LogP contribution in [-0.4, -0.2) is 33.8 Å². The molecule has 0 bridgehead atoms. The van der Waals surface area contributed by atoms with Gasteiger partial charge in [0.05, 0.1) is 16.1 Å². The SMILES string of the molecule is CNC(=O)c1c(NC(=O)c2ccc(S(=O)(=O)N3CCc4ccccc43)cc2)sc2c1CCCCC2. The molecule has 182 valence electrons. The molecule has 2 heterocycles. The lowest BCUT2D eigenvalue weighted by Gasteiger charge is -2.19. The molecule has 2 amide bonds. The summed E-state index contributed by atoms with van der Waals surface area (Å²) >= 11 is 1.46. The van der Waals surface area contributed by atoms with E-state index in [0.717, 1.165) is 48.1 Å². The van der Waals surface area contributed by atoms with Crippen molar-refractivity contribution in [1.29, 1.82) is 0 Å². The van der Waals surface area contributed by atoms with E-state index in [0.29, 0.717) is 34.8 Å². The van der Waals surface area contributed by atoms with Crippen molar-refractivity contribution in [2.75, 3.05) is 23.2 Å². The summed E-state index contributed by atoms with van der Waals surface area (Å²) in [5.41, 5.74) is 3.63. The van der Waals surface area contributed by atoms with Gasteiger partial charge in [0.15, 0.2) is 0 Å². The highest BCUT2D eigenvalue weighted by Gasteiger charge is 2.31. The summed E-state index contributed by atoms with van der Waals surface area (Å²) in [6, 6.07) is 13.5. The van der Waals surface area contributed by atoms with Gasteiger partial charge in [-0.15, -0.1) is 11.3 Å². The van der Waals surface area contributed by atoms with Crippen molar-refractivity contribution < 1.29 is 18.0 Å². The summed E-state index contributed by atoms with van der Waals surface area (Å²) in [5.74, 6) is -0.575. The Morgan fingerprint density at radius 3 is 2.43 bits per heavy atom. The van der Waals surface area contributed by atoms with Gasteiger partial charge in [-0.25, -0.2) is 8.42 Å².